The fraction of sp³-hybridized carbons (Fsp3) is 0.632. The summed E-state index contributed by atoms with van der Waals surface area (Å²) in [6, 6.07) is 8.88. The zero-order valence-electron chi connectivity index (χ0n) is 14.0. The second-order valence-electron chi connectivity index (χ2n) is 7.14. The van der Waals surface area contributed by atoms with Crippen LogP contribution >= 0.6 is 0 Å². The molecule has 1 heterocycles. The Morgan fingerprint density at radius 1 is 1.09 bits per heavy atom. The van der Waals surface area contributed by atoms with E-state index < -0.39 is 0 Å². The average Bonchev–Trinajstić information content (AvgIpc) is 3.01. The predicted octanol–water partition coefficient (Wildman–Crippen LogP) is 2.42. The molecule has 1 saturated carbocycles. The third-order valence-electron chi connectivity index (χ3n) is 5.19. The third-order valence-corrected chi connectivity index (χ3v) is 5.19. The predicted molar refractivity (Wildman–Crippen MR) is 92.7 cm³/mol. The van der Waals surface area contributed by atoms with E-state index in [0.717, 1.165) is 25.8 Å². The maximum absolute atomic E-state index is 12.1. The highest BCUT2D eigenvalue weighted by atomic mass is 16.1. The van der Waals surface area contributed by atoms with Gasteiger partial charge in [-0.2, -0.15) is 0 Å². The van der Waals surface area contributed by atoms with Gasteiger partial charge < -0.3 is 11.1 Å². The van der Waals surface area contributed by atoms with E-state index in [2.05, 4.69) is 34.5 Å². The van der Waals surface area contributed by atoms with Gasteiger partial charge in [0.05, 0.1) is 0 Å². The van der Waals surface area contributed by atoms with E-state index >= 15 is 0 Å². The minimum Gasteiger partial charge on any atom is -0.352 e. The molecule has 2 atom stereocenters. The van der Waals surface area contributed by atoms with E-state index in [4.69, 9.17) is 5.73 Å². The fourth-order valence-corrected chi connectivity index (χ4v) is 3.73. The first-order valence-corrected chi connectivity index (χ1v) is 9.04. The molecule has 0 bridgehead atoms. The Balaban J connectivity index is 1.44. The molecule has 1 aromatic rings. The first kappa shape index (κ1) is 16.5. The van der Waals surface area contributed by atoms with Gasteiger partial charge in [0.2, 0.25) is 5.91 Å². The van der Waals surface area contributed by atoms with Crippen molar-refractivity contribution in [3.63, 3.8) is 0 Å². The van der Waals surface area contributed by atoms with Crippen LogP contribution in [0.4, 0.5) is 0 Å². The smallest absolute Gasteiger partial charge is 0.223 e. The van der Waals surface area contributed by atoms with Gasteiger partial charge in [-0.15, -0.1) is 0 Å². The minimum absolute atomic E-state index is 0.114. The molecule has 2 fully saturated rings. The molecule has 0 radical (unpaired) electrons. The van der Waals surface area contributed by atoms with Gasteiger partial charge in [-0.3, -0.25) is 9.69 Å². The molecule has 4 nitrogen and oxygen atoms in total. The molecule has 0 aromatic heterocycles. The van der Waals surface area contributed by atoms with Gasteiger partial charge in [0.1, 0.15) is 0 Å². The molecular weight excluding hydrogens is 286 g/mol. The quantitative estimate of drug-likeness (QED) is 0.877. The highest BCUT2D eigenvalue weighted by molar-refractivity contribution is 5.79. The van der Waals surface area contributed by atoms with Crippen molar-refractivity contribution >= 4 is 5.91 Å². The number of hydrogen-bond donors (Lipinski definition) is 2. The van der Waals surface area contributed by atoms with Crippen molar-refractivity contribution in [2.75, 3.05) is 13.1 Å². The Morgan fingerprint density at radius 3 is 2.43 bits per heavy atom. The van der Waals surface area contributed by atoms with Crippen molar-refractivity contribution in [1.82, 2.24) is 10.2 Å². The zero-order chi connectivity index (χ0) is 16.1. The number of rotatable bonds is 5. The van der Waals surface area contributed by atoms with Crippen molar-refractivity contribution in [2.45, 2.75) is 57.7 Å². The zero-order valence-corrected chi connectivity index (χ0v) is 14.0. The van der Waals surface area contributed by atoms with E-state index in [-0.39, 0.29) is 17.9 Å². The van der Waals surface area contributed by atoms with Crippen molar-refractivity contribution < 1.29 is 4.79 Å². The third kappa shape index (κ3) is 4.79. The number of benzene rings is 1. The molecular formula is C19H29N3O. The van der Waals surface area contributed by atoms with Crippen LogP contribution in [0.1, 0.15) is 49.7 Å². The molecule has 1 aliphatic heterocycles. The number of hydrogen-bond acceptors (Lipinski definition) is 3. The highest BCUT2D eigenvalue weighted by Gasteiger charge is 2.27. The summed E-state index contributed by atoms with van der Waals surface area (Å²) >= 11 is 0. The maximum atomic E-state index is 12.1. The van der Waals surface area contributed by atoms with Gasteiger partial charge in [0.25, 0.3) is 0 Å². The molecule has 23 heavy (non-hydrogen) atoms. The average molecular weight is 315 g/mol. The lowest BCUT2D eigenvalue weighted by atomic mass is 10.1. The minimum atomic E-state index is 0.114. The van der Waals surface area contributed by atoms with Crippen LogP contribution in [0, 0.1) is 5.92 Å². The van der Waals surface area contributed by atoms with Crippen LogP contribution in [0.25, 0.3) is 0 Å². The van der Waals surface area contributed by atoms with Crippen LogP contribution in [0.2, 0.25) is 0 Å². The van der Waals surface area contributed by atoms with Crippen LogP contribution in [0.5, 0.6) is 0 Å². The Bertz CT molecular complexity index is 508. The van der Waals surface area contributed by atoms with Crippen molar-refractivity contribution in [1.29, 1.82) is 0 Å². The molecule has 3 N–H and O–H groups in total. The number of nitrogens with two attached hydrogens (primary N) is 1. The monoisotopic (exact) mass is 315 g/mol. The molecule has 126 valence electrons. The molecule has 4 heteroatoms. The highest BCUT2D eigenvalue weighted by Crippen LogP contribution is 2.24. The fourth-order valence-electron chi connectivity index (χ4n) is 3.73. The lowest BCUT2D eigenvalue weighted by Gasteiger charge is -2.26. The standard InChI is InChI=1S/C19H29N3O/c20-18-9-8-17(12-18)19(23)21-13-15-4-6-16(7-5-15)14-22-10-2-1-3-11-22/h4-7,17-18H,1-3,8-14,20H2,(H,21,23). The molecule has 1 saturated heterocycles. The maximum Gasteiger partial charge on any atom is 0.223 e. The Kier molecular flexibility index (Phi) is 5.68. The van der Waals surface area contributed by atoms with E-state index in [0.29, 0.717) is 6.54 Å². The number of nitrogens with zero attached hydrogens (tertiary/aromatic N) is 1. The van der Waals surface area contributed by atoms with E-state index in [1.807, 2.05) is 0 Å². The van der Waals surface area contributed by atoms with E-state index in [1.165, 1.54) is 43.5 Å². The molecule has 2 unspecified atom stereocenters. The summed E-state index contributed by atoms with van der Waals surface area (Å²) in [5.41, 5.74) is 8.41. The lowest BCUT2D eigenvalue weighted by Crippen LogP contribution is -2.30. The van der Waals surface area contributed by atoms with Crippen LogP contribution in [-0.4, -0.2) is 29.9 Å². The SMILES string of the molecule is NC1CCC(C(=O)NCc2ccc(CN3CCCCC3)cc2)C1. The summed E-state index contributed by atoms with van der Waals surface area (Å²) in [5, 5.41) is 3.06. The molecule has 0 spiro atoms. The van der Waals surface area contributed by atoms with Crippen molar-refractivity contribution in [3.8, 4) is 0 Å². The summed E-state index contributed by atoms with van der Waals surface area (Å²) in [6.07, 6.45) is 6.77. The summed E-state index contributed by atoms with van der Waals surface area (Å²) < 4.78 is 0. The second kappa shape index (κ2) is 7.93. The van der Waals surface area contributed by atoms with Crippen LogP contribution in [-0.2, 0) is 17.9 Å². The number of likely N-dealkylation sites (tertiary alicyclic amines) is 1. The summed E-state index contributed by atoms with van der Waals surface area (Å²) in [5.74, 6) is 0.277. The largest absolute Gasteiger partial charge is 0.352 e. The summed E-state index contributed by atoms with van der Waals surface area (Å²) in [4.78, 5) is 14.7. The van der Waals surface area contributed by atoms with Crippen LogP contribution in [0.3, 0.4) is 0 Å². The number of piperidine rings is 1. The van der Waals surface area contributed by atoms with E-state index in [9.17, 15) is 4.79 Å². The van der Waals surface area contributed by atoms with Gasteiger partial charge in [-0.1, -0.05) is 30.7 Å². The Labute approximate surface area is 139 Å². The normalized spacial score (nSPS) is 25.4. The molecule has 1 aliphatic carbocycles. The number of carbonyl (C=O) groups excluding carboxylic acids is 1. The lowest BCUT2D eigenvalue weighted by molar-refractivity contribution is -0.125. The van der Waals surface area contributed by atoms with Gasteiger partial charge >= 0.3 is 0 Å². The molecule has 2 aliphatic rings. The summed E-state index contributed by atoms with van der Waals surface area (Å²) in [6.45, 7) is 4.11. The van der Waals surface area contributed by atoms with Gasteiger partial charge in [0.15, 0.2) is 0 Å². The van der Waals surface area contributed by atoms with Gasteiger partial charge in [-0.25, -0.2) is 0 Å². The second-order valence-corrected chi connectivity index (χ2v) is 7.14. The van der Waals surface area contributed by atoms with Crippen LogP contribution in [0.15, 0.2) is 24.3 Å². The van der Waals surface area contributed by atoms with Gasteiger partial charge in [-0.05, 0) is 56.3 Å². The van der Waals surface area contributed by atoms with Crippen molar-refractivity contribution in [3.05, 3.63) is 35.4 Å². The van der Waals surface area contributed by atoms with Gasteiger partial charge in [0, 0.05) is 25.0 Å². The molecule has 1 amide bonds. The molecule has 1 aromatic carbocycles. The number of amides is 1. The molecule has 3 rings (SSSR count). The van der Waals surface area contributed by atoms with E-state index in [1.54, 1.807) is 0 Å². The first-order chi connectivity index (χ1) is 11.2. The number of carbonyl (C=O) groups is 1. The van der Waals surface area contributed by atoms with Crippen LogP contribution < -0.4 is 11.1 Å². The topological polar surface area (TPSA) is 58.4 Å². The first-order valence-electron chi connectivity index (χ1n) is 9.04. The summed E-state index contributed by atoms with van der Waals surface area (Å²) in [7, 11) is 0. The Hall–Kier alpha value is -1.39. The number of nitrogens with one attached hydrogen (secondary N) is 1. The Morgan fingerprint density at radius 2 is 1.78 bits per heavy atom. The van der Waals surface area contributed by atoms with Crippen molar-refractivity contribution in [2.24, 2.45) is 11.7 Å².